The van der Waals surface area contributed by atoms with Gasteiger partial charge in [0.05, 0.1) is 12.6 Å². The van der Waals surface area contributed by atoms with Crippen molar-refractivity contribution in [3.8, 4) is 5.75 Å². The second-order valence-electron chi connectivity index (χ2n) is 3.70. The predicted octanol–water partition coefficient (Wildman–Crippen LogP) is 4.09. The highest BCUT2D eigenvalue weighted by Crippen LogP contribution is 2.34. The van der Waals surface area contributed by atoms with E-state index in [1.165, 1.54) is 5.39 Å². The van der Waals surface area contributed by atoms with Gasteiger partial charge in [0.2, 0.25) is 0 Å². The number of benzene rings is 2. The van der Waals surface area contributed by atoms with Gasteiger partial charge < -0.3 is 9.72 Å². The van der Waals surface area contributed by atoms with Gasteiger partial charge in [-0.3, -0.25) is 0 Å². The number of H-pyrrole nitrogens is 1. The number of fused-ring (bicyclic) bond motifs is 3. The van der Waals surface area contributed by atoms with E-state index in [1.807, 2.05) is 18.2 Å². The summed E-state index contributed by atoms with van der Waals surface area (Å²) in [6.45, 7) is 0. The average molecular weight is 276 g/mol. The molecule has 0 saturated carbocycles. The SMILES string of the molecule is COc1cccc2[nH]c3ccc(Br)cc3c12. The van der Waals surface area contributed by atoms with Crippen molar-refractivity contribution in [2.24, 2.45) is 0 Å². The fourth-order valence-corrected chi connectivity index (χ4v) is 2.42. The fourth-order valence-electron chi connectivity index (χ4n) is 2.06. The third kappa shape index (κ3) is 1.32. The molecule has 0 aliphatic carbocycles. The third-order valence-corrected chi connectivity index (χ3v) is 3.26. The zero-order valence-corrected chi connectivity index (χ0v) is 10.3. The Balaban J connectivity index is 2.54. The Morgan fingerprint density at radius 3 is 2.81 bits per heavy atom. The van der Waals surface area contributed by atoms with Gasteiger partial charge in [-0.15, -0.1) is 0 Å². The topological polar surface area (TPSA) is 25.0 Å². The summed E-state index contributed by atoms with van der Waals surface area (Å²) in [6.07, 6.45) is 0. The predicted molar refractivity (Wildman–Crippen MR) is 70.1 cm³/mol. The Labute approximate surface area is 101 Å². The zero-order chi connectivity index (χ0) is 11.1. The zero-order valence-electron chi connectivity index (χ0n) is 8.75. The summed E-state index contributed by atoms with van der Waals surface area (Å²) in [5.74, 6) is 0.904. The molecule has 3 rings (SSSR count). The number of rotatable bonds is 1. The Bertz CT molecular complexity index is 672. The molecular formula is C13H10BrNO. The van der Waals surface area contributed by atoms with Gasteiger partial charge in [0.1, 0.15) is 5.75 Å². The minimum atomic E-state index is 0.904. The summed E-state index contributed by atoms with van der Waals surface area (Å²) in [4.78, 5) is 3.38. The first kappa shape index (κ1) is 9.73. The van der Waals surface area contributed by atoms with Crippen LogP contribution in [-0.4, -0.2) is 12.1 Å². The summed E-state index contributed by atoms with van der Waals surface area (Å²) >= 11 is 3.49. The monoisotopic (exact) mass is 275 g/mol. The number of halogens is 1. The number of aromatic nitrogens is 1. The molecule has 0 amide bonds. The lowest BCUT2D eigenvalue weighted by atomic mass is 10.1. The number of hydrogen-bond donors (Lipinski definition) is 1. The smallest absolute Gasteiger partial charge is 0.128 e. The van der Waals surface area contributed by atoms with Crippen LogP contribution in [0.2, 0.25) is 0 Å². The minimum Gasteiger partial charge on any atom is -0.496 e. The lowest BCUT2D eigenvalue weighted by Gasteiger charge is -2.01. The van der Waals surface area contributed by atoms with Crippen LogP contribution in [0, 0.1) is 0 Å². The highest BCUT2D eigenvalue weighted by molar-refractivity contribution is 9.10. The van der Waals surface area contributed by atoms with Crippen LogP contribution in [0.4, 0.5) is 0 Å². The van der Waals surface area contributed by atoms with Gasteiger partial charge in [-0.25, -0.2) is 0 Å². The number of methoxy groups -OCH3 is 1. The number of aromatic amines is 1. The Morgan fingerprint density at radius 2 is 2.00 bits per heavy atom. The summed E-state index contributed by atoms with van der Waals surface area (Å²) < 4.78 is 6.47. The molecule has 1 heterocycles. The molecule has 80 valence electrons. The van der Waals surface area contributed by atoms with Gasteiger partial charge in [0.15, 0.2) is 0 Å². The fraction of sp³-hybridized carbons (Fsp3) is 0.0769. The molecule has 0 unspecified atom stereocenters. The van der Waals surface area contributed by atoms with E-state index in [2.05, 4.69) is 39.1 Å². The molecule has 1 N–H and O–H groups in total. The molecule has 3 heteroatoms. The summed E-state index contributed by atoms with van der Waals surface area (Å²) in [6, 6.07) is 12.2. The van der Waals surface area contributed by atoms with E-state index in [-0.39, 0.29) is 0 Å². The van der Waals surface area contributed by atoms with Crippen molar-refractivity contribution < 1.29 is 4.74 Å². The van der Waals surface area contributed by atoms with E-state index in [1.54, 1.807) is 7.11 Å². The quantitative estimate of drug-likeness (QED) is 0.711. The van der Waals surface area contributed by atoms with Gasteiger partial charge in [-0.2, -0.15) is 0 Å². The molecule has 0 aliphatic heterocycles. The van der Waals surface area contributed by atoms with Gasteiger partial charge in [-0.1, -0.05) is 22.0 Å². The van der Waals surface area contributed by atoms with E-state index >= 15 is 0 Å². The molecule has 0 fully saturated rings. The first-order chi connectivity index (χ1) is 7.79. The Hall–Kier alpha value is -1.48. The van der Waals surface area contributed by atoms with Gasteiger partial charge >= 0.3 is 0 Å². The third-order valence-electron chi connectivity index (χ3n) is 2.77. The van der Waals surface area contributed by atoms with Crippen LogP contribution in [0.25, 0.3) is 21.8 Å². The number of nitrogens with one attached hydrogen (secondary N) is 1. The molecule has 0 bridgehead atoms. The second-order valence-corrected chi connectivity index (χ2v) is 4.61. The minimum absolute atomic E-state index is 0.904. The van der Waals surface area contributed by atoms with Crippen molar-refractivity contribution in [2.45, 2.75) is 0 Å². The molecule has 2 nitrogen and oxygen atoms in total. The molecule has 0 saturated heterocycles. The van der Waals surface area contributed by atoms with Crippen molar-refractivity contribution in [2.75, 3.05) is 7.11 Å². The van der Waals surface area contributed by atoms with E-state index in [4.69, 9.17) is 4.74 Å². The highest BCUT2D eigenvalue weighted by atomic mass is 79.9. The van der Waals surface area contributed by atoms with E-state index < -0.39 is 0 Å². The molecule has 3 aromatic rings. The van der Waals surface area contributed by atoms with Gasteiger partial charge in [0.25, 0.3) is 0 Å². The maximum absolute atomic E-state index is 5.40. The molecule has 2 aromatic carbocycles. The lowest BCUT2D eigenvalue weighted by Crippen LogP contribution is -1.82. The van der Waals surface area contributed by atoms with Crippen LogP contribution >= 0.6 is 15.9 Å². The van der Waals surface area contributed by atoms with Crippen LogP contribution in [0.1, 0.15) is 0 Å². The van der Waals surface area contributed by atoms with Crippen molar-refractivity contribution in [1.29, 1.82) is 0 Å². The largest absolute Gasteiger partial charge is 0.496 e. The second kappa shape index (κ2) is 3.52. The molecule has 0 spiro atoms. The van der Waals surface area contributed by atoms with Crippen LogP contribution in [0.15, 0.2) is 40.9 Å². The average Bonchev–Trinajstić information content (AvgIpc) is 2.66. The van der Waals surface area contributed by atoms with Crippen LogP contribution in [-0.2, 0) is 0 Å². The Kier molecular flexibility index (Phi) is 2.14. The molecular weight excluding hydrogens is 266 g/mol. The van der Waals surface area contributed by atoms with Crippen molar-refractivity contribution >= 4 is 37.7 Å². The Morgan fingerprint density at radius 1 is 1.12 bits per heavy atom. The molecule has 16 heavy (non-hydrogen) atoms. The summed E-state index contributed by atoms with van der Waals surface area (Å²) in [7, 11) is 1.70. The van der Waals surface area contributed by atoms with E-state index in [0.717, 1.165) is 26.6 Å². The first-order valence-electron chi connectivity index (χ1n) is 5.03. The number of hydrogen-bond acceptors (Lipinski definition) is 1. The highest BCUT2D eigenvalue weighted by Gasteiger charge is 2.08. The lowest BCUT2D eigenvalue weighted by molar-refractivity contribution is 0.420. The van der Waals surface area contributed by atoms with Gasteiger partial charge in [0, 0.05) is 20.8 Å². The molecule has 1 aromatic heterocycles. The normalized spacial score (nSPS) is 11.1. The van der Waals surface area contributed by atoms with Crippen molar-refractivity contribution in [3.63, 3.8) is 0 Å². The molecule has 0 atom stereocenters. The van der Waals surface area contributed by atoms with Gasteiger partial charge in [-0.05, 0) is 30.3 Å². The van der Waals surface area contributed by atoms with E-state index in [9.17, 15) is 0 Å². The summed E-state index contributed by atoms with van der Waals surface area (Å²) in [5, 5.41) is 2.32. The number of ether oxygens (including phenoxy) is 1. The van der Waals surface area contributed by atoms with Crippen LogP contribution < -0.4 is 4.74 Å². The molecule has 0 aliphatic rings. The van der Waals surface area contributed by atoms with Crippen LogP contribution in [0.5, 0.6) is 5.75 Å². The summed E-state index contributed by atoms with van der Waals surface area (Å²) in [5.41, 5.74) is 2.23. The van der Waals surface area contributed by atoms with E-state index in [0.29, 0.717) is 0 Å². The maximum atomic E-state index is 5.40. The van der Waals surface area contributed by atoms with Crippen LogP contribution in [0.3, 0.4) is 0 Å². The molecule has 0 radical (unpaired) electrons. The maximum Gasteiger partial charge on any atom is 0.128 e. The standard InChI is InChI=1S/C13H10BrNO/c1-16-12-4-2-3-11-13(12)9-7-8(14)5-6-10(9)15-11/h2-7,15H,1H3. The van der Waals surface area contributed by atoms with Crippen molar-refractivity contribution in [3.05, 3.63) is 40.9 Å². The van der Waals surface area contributed by atoms with Crippen molar-refractivity contribution in [1.82, 2.24) is 4.98 Å². The first-order valence-corrected chi connectivity index (χ1v) is 5.83.